The van der Waals surface area contributed by atoms with Gasteiger partial charge in [0.1, 0.15) is 4.34 Å². The number of thiazole rings is 1. The molecule has 1 heterocycles. The average Bonchev–Trinajstić information content (AvgIpc) is 2.80. The maximum atomic E-state index is 10.6. The van der Waals surface area contributed by atoms with Crippen molar-refractivity contribution in [2.24, 2.45) is 0 Å². The SMILES string of the molecule is O=C(O)c1ccc(CSc2nccs2)cc1. The van der Waals surface area contributed by atoms with Gasteiger partial charge in [0.25, 0.3) is 0 Å². The van der Waals surface area contributed by atoms with Crippen LogP contribution < -0.4 is 0 Å². The zero-order chi connectivity index (χ0) is 11.4. The molecule has 0 aliphatic carbocycles. The van der Waals surface area contributed by atoms with Crippen LogP contribution in [0.1, 0.15) is 15.9 Å². The number of aromatic carboxylic acids is 1. The molecule has 0 bridgehead atoms. The molecule has 0 saturated heterocycles. The largest absolute Gasteiger partial charge is 0.478 e. The van der Waals surface area contributed by atoms with E-state index in [0.717, 1.165) is 15.7 Å². The number of carboxylic acids is 1. The average molecular weight is 251 g/mol. The molecule has 2 rings (SSSR count). The van der Waals surface area contributed by atoms with Gasteiger partial charge in [-0.2, -0.15) is 0 Å². The second-order valence-corrected chi connectivity index (χ2v) is 5.21. The molecule has 0 unspecified atom stereocenters. The minimum atomic E-state index is -0.890. The van der Waals surface area contributed by atoms with E-state index < -0.39 is 5.97 Å². The first-order valence-corrected chi connectivity index (χ1v) is 6.47. The molecular formula is C11H9NO2S2. The summed E-state index contributed by atoms with van der Waals surface area (Å²) < 4.78 is 1.03. The molecular weight excluding hydrogens is 242 g/mol. The molecule has 0 saturated carbocycles. The van der Waals surface area contributed by atoms with Crippen LogP contribution in [0.15, 0.2) is 40.2 Å². The van der Waals surface area contributed by atoms with E-state index >= 15 is 0 Å². The highest BCUT2D eigenvalue weighted by molar-refractivity contribution is 8.00. The lowest BCUT2D eigenvalue weighted by molar-refractivity contribution is 0.0697. The summed E-state index contributed by atoms with van der Waals surface area (Å²) in [5.41, 5.74) is 1.42. The number of thioether (sulfide) groups is 1. The van der Waals surface area contributed by atoms with Crippen molar-refractivity contribution in [3.8, 4) is 0 Å². The summed E-state index contributed by atoms with van der Waals surface area (Å²) in [6, 6.07) is 6.92. The van der Waals surface area contributed by atoms with E-state index in [1.54, 1.807) is 41.4 Å². The number of hydrogen-bond donors (Lipinski definition) is 1. The van der Waals surface area contributed by atoms with Crippen molar-refractivity contribution < 1.29 is 9.90 Å². The fourth-order valence-electron chi connectivity index (χ4n) is 1.17. The smallest absolute Gasteiger partial charge is 0.335 e. The molecule has 0 amide bonds. The third-order valence-corrected chi connectivity index (χ3v) is 4.01. The third-order valence-electron chi connectivity index (χ3n) is 1.97. The van der Waals surface area contributed by atoms with Gasteiger partial charge in [-0.1, -0.05) is 23.9 Å². The quantitative estimate of drug-likeness (QED) is 0.848. The molecule has 82 valence electrons. The number of carboxylic acid groups (broad SMARTS) is 1. The third kappa shape index (κ3) is 2.84. The minimum Gasteiger partial charge on any atom is -0.478 e. The number of carbonyl (C=O) groups is 1. The highest BCUT2D eigenvalue weighted by atomic mass is 32.2. The summed E-state index contributed by atoms with van der Waals surface area (Å²) in [4.78, 5) is 14.8. The lowest BCUT2D eigenvalue weighted by Crippen LogP contribution is -1.95. The molecule has 1 aromatic carbocycles. The van der Waals surface area contributed by atoms with Gasteiger partial charge in [0, 0.05) is 17.3 Å². The Morgan fingerprint density at radius 1 is 1.38 bits per heavy atom. The number of nitrogens with zero attached hydrogens (tertiary/aromatic N) is 1. The lowest BCUT2D eigenvalue weighted by Gasteiger charge is -1.99. The predicted octanol–water partition coefficient (Wildman–Crippen LogP) is 3.13. The first-order valence-electron chi connectivity index (χ1n) is 4.60. The van der Waals surface area contributed by atoms with Crippen LogP contribution in [0.25, 0.3) is 0 Å². The summed E-state index contributed by atoms with van der Waals surface area (Å²) in [6.45, 7) is 0. The molecule has 2 aromatic rings. The maximum absolute atomic E-state index is 10.6. The zero-order valence-electron chi connectivity index (χ0n) is 8.29. The van der Waals surface area contributed by atoms with Crippen molar-refractivity contribution in [3.05, 3.63) is 47.0 Å². The fraction of sp³-hybridized carbons (Fsp3) is 0.0909. The molecule has 0 aliphatic rings. The standard InChI is InChI=1S/C11H9NO2S2/c13-10(14)9-3-1-8(2-4-9)7-16-11-12-5-6-15-11/h1-6H,7H2,(H,13,14). The Morgan fingerprint density at radius 2 is 2.12 bits per heavy atom. The van der Waals surface area contributed by atoms with E-state index in [1.165, 1.54) is 0 Å². The van der Waals surface area contributed by atoms with Crippen molar-refractivity contribution in [1.82, 2.24) is 4.98 Å². The van der Waals surface area contributed by atoms with Crippen molar-refractivity contribution >= 4 is 29.1 Å². The Morgan fingerprint density at radius 3 is 2.69 bits per heavy atom. The van der Waals surface area contributed by atoms with Crippen LogP contribution in [-0.2, 0) is 5.75 Å². The van der Waals surface area contributed by atoms with Gasteiger partial charge in [-0.05, 0) is 17.7 Å². The fourth-order valence-corrected chi connectivity index (χ4v) is 2.76. The van der Waals surface area contributed by atoms with E-state index in [4.69, 9.17) is 5.11 Å². The molecule has 0 fully saturated rings. The lowest BCUT2D eigenvalue weighted by atomic mass is 10.1. The topological polar surface area (TPSA) is 50.2 Å². The van der Waals surface area contributed by atoms with Gasteiger partial charge in [0.2, 0.25) is 0 Å². The van der Waals surface area contributed by atoms with Crippen molar-refractivity contribution in [1.29, 1.82) is 0 Å². The Kier molecular flexibility index (Phi) is 3.58. The van der Waals surface area contributed by atoms with Gasteiger partial charge in [-0.25, -0.2) is 9.78 Å². The molecule has 0 atom stereocenters. The van der Waals surface area contributed by atoms with Crippen molar-refractivity contribution in [2.45, 2.75) is 10.1 Å². The van der Waals surface area contributed by atoms with E-state index in [1.807, 2.05) is 17.5 Å². The minimum absolute atomic E-state index is 0.322. The molecule has 1 aromatic heterocycles. The highest BCUT2D eigenvalue weighted by Crippen LogP contribution is 2.24. The summed E-state index contributed by atoms with van der Waals surface area (Å²) in [5.74, 6) is -0.0768. The maximum Gasteiger partial charge on any atom is 0.335 e. The van der Waals surface area contributed by atoms with Gasteiger partial charge in [-0.15, -0.1) is 11.3 Å². The van der Waals surface area contributed by atoms with E-state index in [0.29, 0.717) is 5.56 Å². The Balaban J connectivity index is 1.98. The highest BCUT2D eigenvalue weighted by Gasteiger charge is 2.02. The number of benzene rings is 1. The summed E-state index contributed by atoms with van der Waals surface area (Å²) in [6.07, 6.45) is 1.78. The first-order chi connectivity index (χ1) is 7.75. The van der Waals surface area contributed by atoms with Crippen LogP contribution in [0, 0.1) is 0 Å². The summed E-state index contributed by atoms with van der Waals surface area (Å²) >= 11 is 3.26. The van der Waals surface area contributed by atoms with Gasteiger partial charge < -0.3 is 5.11 Å². The van der Waals surface area contributed by atoms with Crippen LogP contribution in [0.5, 0.6) is 0 Å². The Hall–Kier alpha value is -1.33. The van der Waals surface area contributed by atoms with Gasteiger partial charge in [0.05, 0.1) is 5.56 Å². The monoisotopic (exact) mass is 251 g/mol. The summed E-state index contributed by atoms with van der Waals surface area (Å²) in [5, 5.41) is 10.7. The normalized spacial score (nSPS) is 10.2. The van der Waals surface area contributed by atoms with Crippen LogP contribution in [0.4, 0.5) is 0 Å². The van der Waals surface area contributed by atoms with Gasteiger partial charge in [0.15, 0.2) is 0 Å². The zero-order valence-corrected chi connectivity index (χ0v) is 9.92. The van der Waals surface area contributed by atoms with Crippen LogP contribution in [0.3, 0.4) is 0 Å². The molecule has 0 radical (unpaired) electrons. The molecule has 1 N–H and O–H groups in total. The second kappa shape index (κ2) is 5.14. The van der Waals surface area contributed by atoms with E-state index in [2.05, 4.69) is 4.98 Å². The molecule has 0 aliphatic heterocycles. The number of aromatic nitrogens is 1. The molecule has 3 nitrogen and oxygen atoms in total. The van der Waals surface area contributed by atoms with Crippen LogP contribution >= 0.6 is 23.1 Å². The Bertz CT molecular complexity index is 465. The van der Waals surface area contributed by atoms with Gasteiger partial charge in [-0.3, -0.25) is 0 Å². The summed E-state index contributed by atoms with van der Waals surface area (Å²) in [7, 11) is 0. The molecule has 5 heteroatoms. The van der Waals surface area contributed by atoms with Gasteiger partial charge >= 0.3 is 5.97 Å². The van der Waals surface area contributed by atoms with Crippen LogP contribution in [0.2, 0.25) is 0 Å². The van der Waals surface area contributed by atoms with E-state index in [-0.39, 0.29) is 0 Å². The Labute approximate surface area is 101 Å². The first kappa shape index (κ1) is 11.2. The van der Waals surface area contributed by atoms with Crippen molar-refractivity contribution in [2.75, 3.05) is 0 Å². The number of hydrogen-bond acceptors (Lipinski definition) is 4. The second-order valence-electron chi connectivity index (χ2n) is 3.09. The van der Waals surface area contributed by atoms with E-state index in [9.17, 15) is 4.79 Å². The predicted molar refractivity (Wildman–Crippen MR) is 65.1 cm³/mol. The number of rotatable bonds is 4. The molecule has 16 heavy (non-hydrogen) atoms. The van der Waals surface area contributed by atoms with Crippen molar-refractivity contribution in [3.63, 3.8) is 0 Å². The van der Waals surface area contributed by atoms with Crippen LogP contribution in [-0.4, -0.2) is 16.1 Å². The molecule has 0 spiro atoms.